The summed E-state index contributed by atoms with van der Waals surface area (Å²) in [5, 5.41) is 9.14. The minimum Gasteiger partial charge on any atom is -0.304 e. The van der Waals surface area contributed by atoms with E-state index in [1.54, 1.807) is 24.8 Å². The molecule has 1 aliphatic heterocycles. The Balaban J connectivity index is 1.72. The number of carbonyl (C=O) groups is 1. The van der Waals surface area contributed by atoms with Crippen molar-refractivity contribution in [1.82, 2.24) is 0 Å². The summed E-state index contributed by atoms with van der Waals surface area (Å²) in [6.45, 7) is 5.35. The fourth-order valence-corrected chi connectivity index (χ4v) is 4.53. The summed E-state index contributed by atoms with van der Waals surface area (Å²) in [5.41, 5.74) is 1.03. The van der Waals surface area contributed by atoms with Crippen LogP contribution in [0.3, 0.4) is 0 Å². The van der Waals surface area contributed by atoms with Gasteiger partial charge >= 0.3 is 6.18 Å². The van der Waals surface area contributed by atoms with Gasteiger partial charge in [0.1, 0.15) is 5.54 Å². The van der Waals surface area contributed by atoms with Crippen molar-refractivity contribution in [2.45, 2.75) is 32.5 Å². The number of benzene rings is 3. The summed E-state index contributed by atoms with van der Waals surface area (Å²) >= 11 is 5.58. The van der Waals surface area contributed by atoms with E-state index in [9.17, 15) is 18.0 Å². The van der Waals surface area contributed by atoms with Crippen LogP contribution < -0.4 is 9.80 Å². The zero-order valence-corrected chi connectivity index (χ0v) is 19.5. The normalized spacial score (nSPS) is 15.6. The molecule has 0 saturated carbocycles. The predicted octanol–water partition coefficient (Wildman–Crippen LogP) is 6.47. The molecule has 4 nitrogen and oxygen atoms in total. The van der Waals surface area contributed by atoms with E-state index in [-0.39, 0.29) is 10.8 Å². The molecule has 8 heteroatoms. The number of thiocarbonyl (C=S) groups is 1. The Hall–Kier alpha value is -3.70. The molecule has 1 fully saturated rings. The van der Waals surface area contributed by atoms with Crippen LogP contribution in [0.5, 0.6) is 0 Å². The van der Waals surface area contributed by atoms with Crippen molar-refractivity contribution in [3.05, 3.63) is 83.4 Å². The van der Waals surface area contributed by atoms with Crippen LogP contribution in [-0.4, -0.2) is 16.6 Å². The number of halogens is 3. The van der Waals surface area contributed by atoms with Crippen molar-refractivity contribution >= 4 is 34.6 Å². The standard InChI is InChI=1S/C26H20F3N3OS/c1-16-4-6-17(7-5-16)18-8-11-20(12-9-18)32-24(34)31(23(33)25(32,2)3)21-13-10-19(15-30)22(14-21)26(27,28)29/h4-14H,1-3H3. The molecular formula is C26H20F3N3OS. The van der Waals surface area contributed by atoms with Gasteiger partial charge in [0, 0.05) is 5.69 Å². The third kappa shape index (κ3) is 3.93. The maximum absolute atomic E-state index is 13.5. The highest BCUT2D eigenvalue weighted by molar-refractivity contribution is 7.81. The number of alkyl halides is 3. The van der Waals surface area contributed by atoms with Gasteiger partial charge in [-0.25, -0.2) is 0 Å². The largest absolute Gasteiger partial charge is 0.417 e. The van der Waals surface area contributed by atoms with Gasteiger partial charge in [-0.05, 0) is 74.4 Å². The highest BCUT2D eigenvalue weighted by atomic mass is 32.1. The lowest BCUT2D eigenvalue weighted by Crippen LogP contribution is -2.44. The van der Waals surface area contributed by atoms with Crippen LogP contribution >= 0.6 is 12.2 Å². The molecule has 4 rings (SSSR count). The SMILES string of the molecule is Cc1ccc(-c2ccc(N3C(=S)N(c4ccc(C#N)c(C(F)(F)F)c4)C(=O)C3(C)C)cc2)cc1. The zero-order valence-electron chi connectivity index (χ0n) is 18.6. The third-order valence-electron chi connectivity index (χ3n) is 5.87. The Labute approximate surface area is 200 Å². The molecule has 0 N–H and O–H groups in total. The zero-order chi connectivity index (χ0) is 24.8. The van der Waals surface area contributed by atoms with Crippen LogP contribution in [0, 0.1) is 18.3 Å². The van der Waals surface area contributed by atoms with E-state index in [0.717, 1.165) is 33.7 Å². The van der Waals surface area contributed by atoms with E-state index in [1.165, 1.54) is 6.07 Å². The van der Waals surface area contributed by atoms with E-state index in [1.807, 2.05) is 55.5 Å². The molecule has 0 unspecified atom stereocenters. The highest BCUT2D eigenvalue weighted by Gasteiger charge is 2.50. The molecule has 0 aliphatic carbocycles. The third-order valence-corrected chi connectivity index (χ3v) is 6.23. The molecule has 3 aromatic rings. The summed E-state index contributed by atoms with van der Waals surface area (Å²) in [4.78, 5) is 16.0. The van der Waals surface area contributed by atoms with E-state index < -0.39 is 28.7 Å². The Morgan fingerprint density at radius 3 is 1.97 bits per heavy atom. The van der Waals surface area contributed by atoms with Gasteiger partial charge in [0.2, 0.25) is 0 Å². The first-order chi connectivity index (χ1) is 15.9. The molecule has 0 spiro atoms. The smallest absolute Gasteiger partial charge is 0.304 e. The van der Waals surface area contributed by atoms with Crippen LogP contribution in [-0.2, 0) is 11.0 Å². The molecule has 1 aliphatic rings. The van der Waals surface area contributed by atoms with Crippen molar-refractivity contribution in [1.29, 1.82) is 5.26 Å². The molecule has 1 amide bonds. The molecular weight excluding hydrogens is 459 g/mol. The number of hydrogen-bond acceptors (Lipinski definition) is 3. The molecule has 1 heterocycles. The first-order valence-electron chi connectivity index (χ1n) is 10.4. The van der Waals surface area contributed by atoms with Crippen molar-refractivity contribution in [3.63, 3.8) is 0 Å². The molecule has 0 bridgehead atoms. The fraction of sp³-hybridized carbons (Fsp3) is 0.192. The number of nitrogens with zero attached hydrogens (tertiary/aromatic N) is 3. The second-order valence-electron chi connectivity index (χ2n) is 8.57. The second-order valence-corrected chi connectivity index (χ2v) is 8.94. The van der Waals surface area contributed by atoms with Crippen molar-refractivity contribution in [2.24, 2.45) is 0 Å². The molecule has 3 aromatic carbocycles. The minimum atomic E-state index is -4.74. The summed E-state index contributed by atoms with van der Waals surface area (Å²) in [5.74, 6) is -0.460. The van der Waals surface area contributed by atoms with Gasteiger partial charge < -0.3 is 4.90 Å². The second kappa shape index (κ2) is 8.26. The molecule has 0 aromatic heterocycles. The molecule has 0 atom stereocenters. The van der Waals surface area contributed by atoms with Gasteiger partial charge in [0.05, 0.1) is 22.9 Å². The number of aryl methyl sites for hydroxylation is 1. The maximum Gasteiger partial charge on any atom is 0.417 e. The van der Waals surface area contributed by atoms with Crippen LogP contribution in [0.15, 0.2) is 66.7 Å². The Bertz CT molecular complexity index is 1320. The van der Waals surface area contributed by atoms with Crippen molar-refractivity contribution < 1.29 is 18.0 Å². The topological polar surface area (TPSA) is 47.3 Å². The van der Waals surface area contributed by atoms with E-state index in [2.05, 4.69) is 0 Å². The minimum absolute atomic E-state index is 0.0341. The fourth-order valence-electron chi connectivity index (χ4n) is 4.01. The van der Waals surface area contributed by atoms with Gasteiger partial charge in [0.25, 0.3) is 5.91 Å². The molecule has 1 saturated heterocycles. The number of rotatable bonds is 3. The molecule has 0 radical (unpaired) electrons. The number of amides is 1. The number of anilines is 2. The van der Waals surface area contributed by atoms with Crippen LogP contribution in [0.2, 0.25) is 0 Å². The van der Waals surface area contributed by atoms with Crippen LogP contribution in [0.25, 0.3) is 11.1 Å². The Morgan fingerprint density at radius 1 is 0.912 bits per heavy atom. The lowest BCUT2D eigenvalue weighted by molar-refractivity contribution is -0.137. The lowest BCUT2D eigenvalue weighted by atomic mass is 10.0. The Kier molecular flexibility index (Phi) is 5.70. The van der Waals surface area contributed by atoms with Gasteiger partial charge in [-0.3, -0.25) is 9.69 Å². The van der Waals surface area contributed by atoms with Crippen LogP contribution in [0.4, 0.5) is 24.5 Å². The first-order valence-corrected chi connectivity index (χ1v) is 10.8. The summed E-state index contributed by atoms with van der Waals surface area (Å²) in [6.07, 6.45) is -4.74. The van der Waals surface area contributed by atoms with E-state index in [4.69, 9.17) is 17.5 Å². The number of nitriles is 1. The monoisotopic (exact) mass is 479 g/mol. The summed E-state index contributed by atoms with van der Waals surface area (Å²) in [6, 6.07) is 20.3. The van der Waals surface area contributed by atoms with E-state index >= 15 is 0 Å². The first kappa shape index (κ1) is 23.5. The van der Waals surface area contributed by atoms with Gasteiger partial charge in [-0.15, -0.1) is 0 Å². The van der Waals surface area contributed by atoms with E-state index in [0.29, 0.717) is 5.69 Å². The maximum atomic E-state index is 13.5. The summed E-state index contributed by atoms with van der Waals surface area (Å²) < 4.78 is 40.5. The van der Waals surface area contributed by atoms with Crippen LogP contribution in [0.1, 0.15) is 30.5 Å². The van der Waals surface area contributed by atoms with Gasteiger partial charge in [-0.1, -0.05) is 42.0 Å². The molecule has 34 heavy (non-hydrogen) atoms. The lowest BCUT2D eigenvalue weighted by Gasteiger charge is -2.29. The number of carbonyl (C=O) groups excluding carboxylic acids is 1. The molecule has 172 valence electrons. The van der Waals surface area contributed by atoms with Crippen molar-refractivity contribution in [3.8, 4) is 17.2 Å². The summed E-state index contributed by atoms with van der Waals surface area (Å²) in [7, 11) is 0. The van der Waals surface area contributed by atoms with Gasteiger partial charge in [0.15, 0.2) is 5.11 Å². The van der Waals surface area contributed by atoms with Crippen molar-refractivity contribution in [2.75, 3.05) is 9.80 Å². The predicted molar refractivity (Wildman–Crippen MR) is 129 cm³/mol. The average Bonchev–Trinajstić information content (AvgIpc) is 2.97. The van der Waals surface area contributed by atoms with Gasteiger partial charge in [-0.2, -0.15) is 18.4 Å². The number of hydrogen-bond donors (Lipinski definition) is 0. The highest BCUT2D eigenvalue weighted by Crippen LogP contribution is 2.40. The Morgan fingerprint density at radius 2 is 1.44 bits per heavy atom. The quantitative estimate of drug-likeness (QED) is 0.404. The average molecular weight is 480 g/mol.